The number of halogens is 1. The number of carbonyl (C=O) groups excluding carboxylic acids is 3. The number of hydrogen-bond donors (Lipinski definition) is 1. The van der Waals surface area contributed by atoms with E-state index in [0.29, 0.717) is 18.5 Å². The lowest BCUT2D eigenvalue weighted by Crippen LogP contribution is -2.66. The van der Waals surface area contributed by atoms with Gasteiger partial charge in [0.15, 0.2) is 0 Å². The molecule has 4 amide bonds. The number of benzene rings is 1. The van der Waals surface area contributed by atoms with Crippen molar-refractivity contribution in [3.8, 4) is 0 Å². The summed E-state index contributed by atoms with van der Waals surface area (Å²) in [7, 11) is 0. The van der Waals surface area contributed by atoms with Crippen LogP contribution in [0.25, 0.3) is 0 Å². The fourth-order valence-electron chi connectivity index (χ4n) is 2.60. The molecule has 0 atom stereocenters. The van der Waals surface area contributed by atoms with E-state index in [1.807, 2.05) is 13.0 Å². The number of aryl methyl sites for hydroxylation is 1. The van der Waals surface area contributed by atoms with E-state index in [1.165, 1.54) is 0 Å². The van der Waals surface area contributed by atoms with Crippen molar-refractivity contribution < 1.29 is 14.4 Å². The van der Waals surface area contributed by atoms with Crippen LogP contribution in [0.1, 0.15) is 24.8 Å². The molecule has 1 heterocycles. The summed E-state index contributed by atoms with van der Waals surface area (Å²) in [6.45, 7) is 1.92. The standard InChI is InChI=1S/C14H13BrN2O3/c1-8-3-4-9(7-10(8)15)17-12(19)14(5-2-6-14)11(18)16-13(17)20/h3-4,7H,2,5-6H2,1H3,(H,16,18,20). The summed E-state index contributed by atoms with van der Waals surface area (Å²) in [6.07, 6.45) is 1.85. The first-order chi connectivity index (χ1) is 9.45. The zero-order chi connectivity index (χ0) is 14.5. The minimum absolute atomic E-state index is 0.409. The van der Waals surface area contributed by atoms with Crippen LogP contribution in [0.5, 0.6) is 0 Å². The van der Waals surface area contributed by atoms with Crippen LogP contribution in [-0.2, 0) is 9.59 Å². The Bertz CT molecular complexity index is 637. The van der Waals surface area contributed by atoms with E-state index >= 15 is 0 Å². The molecular formula is C14H13BrN2O3. The minimum atomic E-state index is -1.04. The molecule has 1 aromatic carbocycles. The normalized spacial score (nSPS) is 20.9. The second kappa shape index (κ2) is 4.41. The molecule has 20 heavy (non-hydrogen) atoms. The third-order valence-corrected chi connectivity index (χ3v) is 4.95. The molecule has 0 bridgehead atoms. The highest BCUT2D eigenvalue weighted by Crippen LogP contribution is 2.45. The maximum absolute atomic E-state index is 12.6. The Morgan fingerprint density at radius 3 is 2.50 bits per heavy atom. The van der Waals surface area contributed by atoms with Gasteiger partial charge in [-0.3, -0.25) is 14.9 Å². The molecule has 0 unspecified atom stereocenters. The molecule has 1 aromatic rings. The van der Waals surface area contributed by atoms with Crippen molar-refractivity contribution >= 4 is 39.5 Å². The zero-order valence-corrected chi connectivity index (χ0v) is 12.5. The van der Waals surface area contributed by atoms with Crippen molar-refractivity contribution in [2.75, 3.05) is 4.90 Å². The van der Waals surface area contributed by atoms with E-state index in [0.717, 1.165) is 21.4 Å². The van der Waals surface area contributed by atoms with E-state index in [1.54, 1.807) is 12.1 Å². The summed E-state index contributed by atoms with van der Waals surface area (Å²) in [5, 5.41) is 2.30. The highest BCUT2D eigenvalue weighted by Gasteiger charge is 2.57. The van der Waals surface area contributed by atoms with Gasteiger partial charge in [-0.2, -0.15) is 0 Å². The second-order valence-corrected chi connectivity index (χ2v) is 6.12. The second-order valence-electron chi connectivity index (χ2n) is 5.27. The number of carbonyl (C=O) groups is 3. The summed E-state index contributed by atoms with van der Waals surface area (Å²) in [6, 6.07) is 4.58. The lowest BCUT2D eigenvalue weighted by Gasteiger charge is -2.44. The molecule has 3 rings (SSSR count). The van der Waals surface area contributed by atoms with Crippen molar-refractivity contribution in [1.82, 2.24) is 5.32 Å². The first-order valence-corrected chi connectivity index (χ1v) is 7.21. The Labute approximate surface area is 124 Å². The maximum Gasteiger partial charge on any atom is 0.335 e. The third kappa shape index (κ3) is 1.71. The number of imide groups is 2. The van der Waals surface area contributed by atoms with Gasteiger partial charge >= 0.3 is 6.03 Å². The molecule has 2 aliphatic rings. The smallest absolute Gasteiger partial charge is 0.276 e. The molecule has 0 aromatic heterocycles. The number of barbiturate groups is 1. The van der Waals surface area contributed by atoms with Gasteiger partial charge < -0.3 is 0 Å². The Morgan fingerprint density at radius 1 is 1.25 bits per heavy atom. The topological polar surface area (TPSA) is 66.5 Å². The number of amides is 4. The number of urea groups is 1. The van der Waals surface area contributed by atoms with E-state index in [4.69, 9.17) is 0 Å². The van der Waals surface area contributed by atoms with Gasteiger partial charge in [0.05, 0.1) is 5.69 Å². The highest BCUT2D eigenvalue weighted by atomic mass is 79.9. The molecule has 1 spiro atoms. The van der Waals surface area contributed by atoms with Crippen LogP contribution in [0.2, 0.25) is 0 Å². The molecule has 5 nitrogen and oxygen atoms in total. The number of anilines is 1. The molecule has 1 saturated heterocycles. The number of nitrogens with zero attached hydrogens (tertiary/aromatic N) is 1. The van der Waals surface area contributed by atoms with Crippen LogP contribution < -0.4 is 10.2 Å². The van der Waals surface area contributed by atoms with Gasteiger partial charge in [-0.15, -0.1) is 0 Å². The predicted octanol–water partition coefficient (Wildman–Crippen LogP) is 2.51. The molecule has 104 valence electrons. The van der Waals surface area contributed by atoms with Gasteiger partial charge in [0, 0.05) is 4.47 Å². The molecule has 1 saturated carbocycles. The van der Waals surface area contributed by atoms with Crippen LogP contribution in [0, 0.1) is 12.3 Å². The van der Waals surface area contributed by atoms with E-state index in [9.17, 15) is 14.4 Å². The van der Waals surface area contributed by atoms with Crippen LogP contribution in [0.15, 0.2) is 22.7 Å². The summed E-state index contributed by atoms with van der Waals surface area (Å²) in [5.74, 6) is -0.866. The third-order valence-electron chi connectivity index (χ3n) is 4.09. The van der Waals surface area contributed by atoms with Crippen LogP contribution >= 0.6 is 15.9 Å². The zero-order valence-electron chi connectivity index (χ0n) is 10.9. The Morgan fingerprint density at radius 2 is 1.95 bits per heavy atom. The largest absolute Gasteiger partial charge is 0.335 e. The summed E-state index contributed by atoms with van der Waals surface area (Å²) in [4.78, 5) is 37.6. The Kier molecular flexibility index (Phi) is 2.93. The monoisotopic (exact) mass is 336 g/mol. The van der Waals surface area contributed by atoms with Crippen LogP contribution in [0.4, 0.5) is 10.5 Å². The van der Waals surface area contributed by atoms with Gasteiger partial charge in [-0.05, 0) is 37.5 Å². The van der Waals surface area contributed by atoms with Gasteiger partial charge in [-0.1, -0.05) is 28.4 Å². The highest BCUT2D eigenvalue weighted by molar-refractivity contribution is 9.10. The first kappa shape index (κ1) is 13.3. The molecule has 1 aliphatic heterocycles. The molecular weight excluding hydrogens is 324 g/mol. The van der Waals surface area contributed by atoms with Crippen molar-refractivity contribution in [3.63, 3.8) is 0 Å². The molecule has 1 N–H and O–H groups in total. The maximum atomic E-state index is 12.6. The van der Waals surface area contributed by atoms with Crippen LogP contribution in [0.3, 0.4) is 0 Å². The summed E-state index contributed by atoms with van der Waals surface area (Å²) in [5.41, 5.74) is 0.447. The van der Waals surface area contributed by atoms with Crippen molar-refractivity contribution in [2.24, 2.45) is 5.41 Å². The van der Waals surface area contributed by atoms with Gasteiger partial charge in [0.25, 0.3) is 5.91 Å². The fourth-order valence-corrected chi connectivity index (χ4v) is 2.97. The minimum Gasteiger partial charge on any atom is -0.276 e. The fraction of sp³-hybridized carbons (Fsp3) is 0.357. The number of rotatable bonds is 1. The average molecular weight is 337 g/mol. The molecule has 6 heteroatoms. The van der Waals surface area contributed by atoms with Gasteiger partial charge in [0.2, 0.25) is 5.91 Å². The Hall–Kier alpha value is -1.69. The van der Waals surface area contributed by atoms with E-state index < -0.39 is 23.3 Å². The van der Waals surface area contributed by atoms with E-state index in [-0.39, 0.29) is 0 Å². The van der Waals surface area contributed by atoms with Gasteiger partial charge in [0.1, 0.15) is 5.41 Å². The Balaban J connectivity index is 2.03. The SMILES string of the molecule is Cc1ccc(N2C(=O)NC(=O)C3(CCC3)C2=O)cc1Br. The van der Waals surface area contributed by atoms with Crippen molar-refractivity contribution in [2.45, 2.75) is 26.2 Å². The molecule has 2 fully saturated rings. The number of hydrogen-bond acceptors (Lipinski definition) is 3. The van der Waals surface area contributed by atoms with Crippen molar-refractivity contribution in [3.05, 3.63) is 28.2 Å². The van der Waals surface area contributed by atoms with Crippen molar-refractivity contribution in [1.29, 1.82) is 0 Å². The summed E-state index contributed by atoms with van der Waals surface area (Å²) < 4.78 is 0.815. The molecule has 0 radical (unpaired) electrons. The average Bonchev–Trinajstić information content (AvgIpc) is 2.31. The van der Waals surface area contributed by atoms with Crippen LogP contribution in [-0.4, -0.2) is 17.8 Å². The van der Waals surface area contributed by atoms with Gasteiger partial charge in [-0.25, -0.2) is 9.69 Å². The van der Waals surface area contributed by atoms with E-state index in [2.05, 4.69) is 21.2 Å². The lowest BCUT2D eigenvalue weighted by molar-refractivity contribution is -0.148. The number of nitrogens with one attached hydrogen (secondary N) is 1. The quantitative estimate of drug-likeness (QED) is 0.801. The predicted molar refractivity (Wildman–Crippen MR) is 76.2 cm³/mol. The first-order valence-electron chi connectivity index (χ1n) is 6.42. The molecule has 1 aliphatic carbocycles. The lowest BCUT2D eigenvalue weighted by atomic mass is 9.66. The summed E-state index contributed by atoms with van der Waals surface area (Å²) >= 11 is 3.39.